The van der Waals surface area contributed by atoms with E-state index in [-0.39, 0.29) is 12.3 Å². The second kappa shape index (κ2) is 5.19. The van der Waals surface area contributed by atoms with E-state index in [9.17, 15) is 9.18 Å². The van der Waals surface area contributed by atoms with Crippen LogP contribution in [0.5, 0.6) is 5.75 Å². The Bertz CT molecular complexity index is 355. The molecule has 0 fully saturated rings. The topological polar surface area (TPSA) is 61.5 Å². The van der Waals surface area contributed by atoms with E-state index in [2.05, 4.69) is 4.74 Å². The first-order chi connectivity index (χ1) is 7.13. The molecular weight excluding hydrogens is 201 g/mol. The zero-order valence-electron chi connectivity index (χ0n) is 8.33. The van der Waals surface area contributed by atoms with Gasteiger partial charge in [-0.3, -0.25) is 0 Å². The fourth-order valence-electron chi connectivity index (χ4n) is 0.957. The lowest BCUT2D eigenvalue weighted by atomic mass is 10.3. The van der Waals surface area contributed by atoms with Crippen molar-refractivity contribution < 1.29 is 18.7 Å². The van der Waals surface area contributed by atoms with Gasteiger partial charge in [-0.25, -0.2) is 9.18 Å². The fourth-order valence-corrected chi connectivity index (χ4v) is 0.957. The van der Waals surface area contributed by atoms with Gasteiger partial charge in [0.05, 0.1) is 12.3 Å². The molecule has 1 rings (SSSR count). The molecule has 2 N–H and O–H groups in total. The predicted molar refractivity (Wildman–Crippen MR) is 52.9 cm³/mol. The van der Waals surface area contributed by atoms with Gasteiger partial charge in [0.15, 0.2) is 6.61 Å². The van der Waals surface area contributed by atoms with Gasteiger partial charge in [-0.1, -0.05) is 0 Å². The highest BCUT2D eigenvalue weighted by atomic mass is 19.1. The average molecular weight is 213 g/mol. The zero-order valence-corrected chi connectivity index (χ0v) is 8.33. The van der Waals surface area contributed by atoms with Crippen LogP contribution in [-0.4, -0.2) is 19.2 Å². The Morgan fingerprint density at radius 3 is 2.87 bits per heavy atom. The Balaban J connectivity index is 2.51. The number of ether oxygens (including phenoxy) is 2. The molecule has 0 spiro atoms. The summed E-state index contributed by atoms with van der Waals surface area (Å²) in [5.74, 6) is -0.652. The van der Waals surface area contributed by atoms with Gasteiger partial charge in [-0.2, -0.15) is 0 Å². The lowest BCUT2D eigenvalue weighted by Gasteiger charge is -2.06. The maximum atomic E-state index is 12.7. The van der Waals surface area contributed by atoms with Crippen LogP contribution in [-0.2, 0) is 9.53 Å². The van der Waals surface area contributed by atoms with Crippen LogP contribution in [0.25, 0.3) is 0 Å². The largest absolute Gasteiger partial charge is 0.482 e. The number of hydrogen-bond acceptors (Lipinski definition) is 4. The number of esters is 1. The van der Waals surface area contributed by atoms with Gasteiger partial charge in [0.1, 0.15) is 11.6 Å². The second-order valence-electron chi connectivity index (χ2n) is 2.78. The number of nitrogens with two attached hydrogens (primary N) is 1. The number of carbonyl (C=O) groups excluding carboxylic acids is 1. The Morgan fingerprint density at radius 1 is 1.53 bits per heavy atom. The summed E-state index contributed by atoms with van der Waals surface area (Å²) < 4.78 is 22.4. The Kier molecular flexibility index (Phi) is 3.91. The first kappa shape index (κ1) is 11.3. The SMILES string of the molecule is CCOC(=O)COc1ccc(F)c(N)c1. The standard InChI is InChI=1S/C10H12FNO3/c1-2-14-10(13)6-15-7-3-4-8(11)9(12)5-7/h3-5H,2,6,12H2,1H3. The molecule has 0 heterocycles. The van der Waals surface area contributed by atoms with Gasteiger partial charge in [-0.15, -0.1) is 0 Å². The minimum Gasteiger partial charge on any atom is -0.482 e. The maximum absolute atomic E-state index is 12.7. The molecule has 15 heavy (non-hydrogen) atoms. The van der Waals surface area contributed by atoms with E-state index < -0.39 is 11.8 Å². The summed E-state index contributed by atoms with van der Waals surface area (Å²) in [5.41, 5.74) is 5.30. The van der Waals surface area contributed by atoms with Gasteiger partial charge in [0.2, 0.25) is 0 Å². The molecule has 0 saturated heterocycles. The van der Waals surface area contributed by atoms with Crippen LogP contribution in [0, 0.1) is 5.82 Å². The predicted octanol–water partition coefficient (Wildman–Crippen LogP) is 1.35. The fraction of sp³-hybridized carbons (Fsp3) is 0.300. The van der Waals surface area contributed by atoms with Crippen molar-refractivity contribution in [2.24, 2.45) is 0 Å². The molecule has 0 bridgehead atoms. The average Bonchev–Trinajstić information content (AvgIpc) is 2.20. The van der Waals surface area contributed by atoms with Crippen LogP contribution in [0.15, 0.2) is 18.2 Å². The summed E-state index contributed by atoms with van der Waals surface area (Å²) in [7, 11) is 0. The number of rotatable bonds is 4. The molecule has 0 amide bonds. The van der Waals surface area contributed by atoms with E-state index in [0.29, 0.717) is 12.4 Å². The summed E-state index contributed by atoms with van der Waals surface area (Å²) in [5, 5.41) is 0. The van der Waals surface area contributed by atoms with Gasteiger partial charge in [-0.05, 0) is 19.1 Å². The molecule has 0 unspecified atom stereocenters. The van der Waals surface area contributed by atoms with E-state index in [1.54, 1.807) is 6.92 Å². The summed E-state index contributed by atoms with van der Waals surface area (Å²) in [6, 6.07) is 3.88. The van der Waals surface area contributed by atoms with Crippen molar-refractivity contribution in [3.8, 4) is 5.75 Å². The molecule has 0 aliphatic heterocycles. The third kappa shape index (κ3) is 3.46. The zero-order chi connectivity index (χ0) is 11.3. The van der Waals surface area contributed by atoms with Crippen LogP contribution in [0.3, 0.4) is 0 Å². The highest BCUT2D eigenvalue weighted by Crippen LogP contribution is 2.18. The number of nitrogen functional groups attached to an aromatic ring is 1. The van der Waals surface area contributed by atoms with Crippen molar-refractivity contribution in [3.63, 3.8) is 0 Å². The van der Waals surface area contributed by atoms with E-state index in [0.717, 1.165) is 0 Å². The van der Waals surface area contributed by atoms with Gasteiger partial charge in [0, 0.05) is 6.07 Å². The Hall–Kier alpha value is -1.78. The Morgan fingerprint density at radius 2 is 2.27 bits per heavy atom. The monoisotopic (exact) mass is 213 g/mol. The molecule has 0 aromatic heterocycles. The molecule has 0 radical (unpaired) electrons. The molecule has 0 atom stereocenters. The van der Waals surface area contributed by atoms with Crippen molar-refractivity contribution in [2.75, 3.05) is 18.9 Å². The quantitative estimate of drug-likeness (QED) is 0.605. The van der Waals surface area contributed by atoms with Crippen LogP contribution in [0.1, 0.15) is 6.92 Å². The molecule has 0 saturated carbocycles. The number of carbonyl (C=O) groups is 1. The summed E-state index contributed by atoms with van der Waals surface area (Å²) in [6.45, 7) is 1.79. The lowest BCUT2D eigenvalue weighted by Crippen LogP contribution is -2.14. The Labute approximate surface area is 86.8 Å². The minimum absolute atomic E-state index is 0.0173. The molecule has 0 aliphatic carbocycles. The van der Waals surface area contributed by atoms with Crippen LogP contribution < -0.4 is 10.5 Å². The molecule has 0 aliphatic rings. The second-order valence-corrected chi connectivity index (χ2v) is 2.78. The molecule has 82 valence electrons. The van der Waals surface area contributed by atoms with E-state index in [4.69, 9.17) is 10.5 Å². The number of benzene rings is 1. The van der Waals surface area contributed by atoms with Crippen LogP contribution in [0.2, 0.25) is 0 Å². The third-order valence-electron chi connectivity index (χ3n) is 1.63. The first-order valence-corrected chi connectivity index (χ1v) is 4.47. The van der Waals surface area contributed by atoms with Gasteiger partial charge < -0.3 is 15.2 Å². The van der Waals surface area contributed by atoms with E-state index in [1.165, 1.54) is 18.2 Å². The molecule has 1 aromatic rings. The van der Waals surface area contributed by atoms with Crippen molar-refractivity contribution >= 4 is 11.7 Å². The third-order valence-corrected chi connectivity index (χ3v) is 1.63. The molecule has 5 heteroatoms. The first-order valence-electron chi connectivity index (χ1n) is 4.47. The number of halogens is 1. The van der Waals surface area contributed by atoms with Gasteiger partial charge >= 0.3 is 5.97 Å². The van der Waals surface area contributed by atoms with Crippen molar-refractivity contribution in [1.82, 2.24) is 0 Å². The smallest absolute Gasteiger partial charge is 0.344 e. The van der Waals surface area contributed by atoms with Crippen molar-refractivity contribution in [1.29, 1.82) is 0 Å². The summed E-state index contributed by atoms with van der Waals surface area (Å²) in [4.78, 5) is 10.9. The van der Waals surface area contributed by atoms with Crippen molar-refractivity contribution in [3.05, 3.63) is 24.0 Å². The number of hydrogen-bond donors (Lipinski definition) is 1. The maximum Gasteiger partial charge on any atom is 0.344 e. The normalized spacial score (nSPS) is 9.73. The van der Waals surface area contributed by atoms with E-state index in [1.807, 2.05) is 0 Å². The molecular formula is C10H12FNO3. The lowest BCUT2D eigenvalue weighted by molar-refractivity contribution is -0.145. The highest BCUT2D eigenvalue weighted by molar-refractivity contribution is 5.71. The van der Waals surface area contributed by atoms with E-state index >= 15 is 0 Å². The molecule has 4 nitrogen and oxygen atoms in total. The van der Waals surface area contributed by atoms with Crippen LogP contribution >= 0.6 is 0 Å². The number of anilines is 1. The van der Waals surface area contributed by atoms with Crippen molar-refractivity contribution in [2.45, 2.75) is 6.92 Å². The molecule has 1 aromatic carbocycles. The van der Waals surface area contributed by atoms with Gasteiger partial charge in [0.25, 0.3) is 0 Å². The summed E-state index contributed by atoms with van der Waals surface area (Å²) >= 11 is 0. The minimum atomic E-state index is -0.515. The van der Waals surface area contributed by atoms with Crippen LogP contribution in [0.4, 0.5) is 10.1 Å². The summed E-state index contributed by atoms with van der Waals surface area (Å²) in [6.07, 6.45) is 0. The highest BCUT2D eigenvalue weighted by Gasteiger charge is 2.04.